The number of thiophene rings is 2. The quantitative estimate of drug-likeness (QED) is 0.251. The molecule has 0 saturated carbocycles. The molecular weight excluding hydrogens is 364 g/mol. The van der Waals surface area contributed by atoms with Crippen molar-refractivity contribution in [3.05, 3.63) is 71.8 Å². The van der Waals surface area contributed by atoms with Gasteiger partial charge in [-0.1, -0.05) is 54.1 Å². The molecule has 2 heterocycles. The standard InChI is InChI=1S/C22H11ClS2/c23-13-6-8-15-19(11-13)24-17-9-10-18-21(20(15)17)16-7-5-12-3-1-2-4-14(12)22(16)25-18/h1-11H. The highest BCUT2D eigenvalue weighted by molar-refractivity contribution is 7.28. The Morgan fingerprint density at radius 2 is 1.36 bits per heavy atom. The minimum absolute atomic E-state index is 0.802. The van der Waals surface area contributed by atoms with Crippen LogP contribution in [-0.4, -0.2) is 0 Å². The first-order valence-electron chi connectivity index (χ1n) is 8.14. The molecule has 0 aliphatic carbocycles. The highest BCUT2D eigenvalue weighted by atomic mass is 35.5. The van der Waals surface area contributed by atoms with E-state index in [1.54, 1.807) is 0 Å². The summed E-state index contributed by atoms with van der Waals surface area (Å²) >= 11 is 9.94. The molecule has 0 spiro atoms. The SMILES string of the molecule is Clc1ccc2c(c1)sc1ccc3sc4c5ccccc5ccc4c3c12. The maximum atomic E-state index is 6.21. The Hall–Kier alpha value is -2.13. The van der Waals surface area contributed by atoms with Gasteiger partial charge in [0.05, 0.1) is 0 Å². The zero-order valence-corrected chi connectivity index (χ0v) is 15.4. The Labute approximate surface area is 156 Å². The van der Waals surface area contributed by atoms with Crippen molar-refractivity contribution in [1.29, 1.82) is 0 Å². The van der Waals surface area contributed by atoms with E-state index in [4.69, 9.17) is 11.6 Å². The van der Waals surface area contributed by atoms with E-state index in [1.165, 1.54) is 51.1 Å². The van der Waals surface area contributed by atoms with E-state index in [2.05, 4.69) is 60.7 Å². The van der Waals surface area contributed by atoms with Gasteiger partial charge in [-0.3, -0.25) is 0 Å². The van der Waals surface area contributed by atoms with Crippen LogP contribution in [0.4, 0.5) is 0 Å². The van der Waals surface area contributed by atoms with E-state index in [1.807, 2.05) is 28.7 Å². The molecule has 0 radical (unpaired) electrons. The predicted octanol–water partition coefficient (Wildman–Crippen LogP) is 8.23. The molecule has 0 atom stereocenters. The molecule has 0 N–H and O–H groups in total. The topological polar surface area (TPSA) is 0 Å². The zero-order chi connectivity index (χ0) is 16.5. The van der Waals surface area contributed by atoms with Crippen LogP contribution in [0, 0.1) is 0 Å². The molecule has 0 aliphatic heterocycles. The van der Waals surface area contributed by atoms with Gasteiger partial charge in [0.15, 0.2) is 0 Å². The summed E-state index contributed by atoms with van der Waals surface area (Å²) in [5.41, 5.74) is 0. The summed E-state index contributed by atoms with van der Waals surface area (Å²) in [5.74, 6) is 0. The van der Waals surface area contributed by atoms with E-state index in [9.17, 15) is 0 Å². The van der Waals surface area contributed by atoms with E-state index >= 15 is 0 Å². The zero-order valence-electron chi connectivity index (χ0n) is 13.0. The summed E-state index contributed by atoms with van der Waals surface area (Å²) in [4.78, 5) is 0. The van der Waals surface area contributed by atoms with Crippen molar-refractivity contribution in [2.75, 3.05) is 0 Å². The van der Waals surface area contributed by atoms with Gasteiger partial charge >= 0.3 is 0 Å². The highest BCUT2D eigenvalue weighted by Gasteiger charge is 2.15. The van der Waals surface area contributed by atoms with Gasteiger partial charge in [-0.2, -0.15) is 0 Å². The van der Waals surface area contributed by atoms with Crippen LogP contribution >= 0.6 is 34.3 Å². The summed E-state index contributed by atoms with van der Waals surface area (Å²) in [6, 6.07) is 24.0. The summed E-state index contributed by atoms with van der Waals surface area (Å²) in [7, 11) is 0. The van der Waals surface area contributed by atoms with Gasteiger partial charge in [-0.25, -0.2) is 0 Å². The normalized spacial score (nSPS) is 12.2. The average Bonchev–Trinajstić information content (AvgIpc) is 3.18. The molecule has 0 fully saturated rings. The fraction of sp³-hybridized carbons (Fsp3) is 0. The van der Waals surface area contributed by atoms with Crippen LogP contribution in [0.15, 0.2) is 66.7 Å². The van der Waals surface area contributed by atoms with Crippen molar-refractivity contribution in [2.45, 2.75) is 0 Å². The second kappa shape index (κ2) is 4.95. The third kappa shape index (κ3) is 1.87. The van der Waals surface area contributed by atoms with Crippen LogP contribution in [0.2, 0.25) is 5.02 Å². The first kappa shape index (κ1) is 14.1. The number of halogens is 1. The van der Waals surface area contributed by atoms with E-state index in [0.29, 0.717) is 0 Å². The Morgan fingerprint density at radius 3 is 2.28 bits per heavy atom. The molecule has 0 aliphatic rings. The molecule has 118 valence electrons. The molecule has 0 saturated heterocycles. The summed E-state index contributed by atoms with van der Waals surface area (Å²) in [5, 5.41) is 8.88. The molecule has 0 nitrogen and oxygen atoms in total. The van der Waals surface area contributed by atoms with Gasteiger partial charge in [-0.15, -0.1) is 22.7 Å². The molecular formula is C22H11ClS2. The number of rotatable bonds is 0. The maximum Gasteiger partial charge on any atom is 0.0434 e. The van der Waals surface area contributed by atoms with Gasteiger partial charge in [0, 0.05) is 45.4 Å². The third-order valence-electron chi connectivity index (χ3n) is 4.92. The van der Waals surface area contributed by atoms with Crippen molar-refractivity contribution in [3.63, 3.8) is 0 Å². The Kier molecular flexibility index (Phi) is 2.79. The van der Waals surface area contributed by atoms with Crippen LogP contribution in [-0.2, 0) is 0 Å². The summed E-state index contributed by atoms with van der Waals surface area (Å²) in [6.07, 6.45) is 0. The fourth-order valence-electron chi connectivity index (χ4n) is 3.83. The van der Waals surface area contributed by atoms with Crippen LogP contribution in [0.1, 0.15) is 0 Å². The van der Waals surface area contributed by atoms with Crippen LogP contribution in [0.25, 0.3) is 51.1 Å². The van der Waals surface area contributed by atoms with E-state index < -0.39 is 0 Å². The van der Waals surface area contributed by atoms with E-state index in [0.717, 1.165) is 5.02 Å². The van der Waals surface area contributed by atoms with Gasteiger partial charge in [0.25, 0.3) is 0 Å². The van der Waals surface area contributed by atoms with Crippen molar-refractivity contribution < 1.29 is 0 Å². The van der Waals surface area contributed by atoms with Gasteiger partial charge in [0.1, 0.15) is 0 Å². The Bertz CT molecular complexity index is 1450. The molecule has 0 amide bonds. The Morgan fingerprint density at radius 1 is 0.600 bits per heavy atom. The van der Waals surface area contributed by atoms with Crippen LogP contribution in [0.5, 0.6) is 0 Å². The first-order chi connectivity index (χ1) is 12.3. The molecule has 3 heteroatoms. The largest absolute Gasteiger partial charge is 0.135 e. The lowest BCUT2D eigenvalue weighted by atomic mass is 10.0. The molecule has 4 aromatic carbocycles. The molecule has 6 aromatic rings. The third-order valence-corrected chi connectivity index (χ3v) is 7.48. The van der Waals surface area contributed by atoms with Crippen LogP contribution < -0.4 is 0 Å². The number of hydrogen-bond acceptors (Lipinski definition) is 2. The van der Waals surface area contributed by atoms with Gasteiger partial charge in [0.2, 0.25) is 0 Å². The number of fused-ring (bicyclic) bond motifs is 9. The first-order valence-corrected chi connectivity index (χ1v) is 10.2. The van der Waals surface area contributed by atoms with E-state index in [-0.39, 0.29) is 0 Å². The van der Waals surface area contributed by atoms with Crippen molar-refractivity contribution in [3.8, 4) is 0 Å². The maximum absolute atomic E-state index is 6.21. The molecule has 25 heavy (non-hydrogen) atoms. The van der Waals surface area contributed by atoms with Crippen LogP contribution in [0.3, 0.4) is 0 Å². The lowest BCUT2D eigenvalue weighted by molar-refractivity contribution is 1.82. The minimum Gasteiger partial charge on any atom is -0.135 e. The fourth-order valence-corrected chi connectivity index (χ4v) is 6.47. The molecule has 6 rings (SSSR count). The average molecular weight is 375 g/mol. The number of hydrogen-bond donors (Lipinski definition) is 0. The lowest BCUT2D eigenvalue weighted by Crippen LogP contribution is -1.73. The second-order valence-corrected chi connectivity index (χ2v) is 8.89. The van der Waals surface area contributed by atoms with Gasteiger partial charge < -0.3 is 0 Å². The molecule has 0 unspecified atom stereocenters. The summed E-state index contributed by atoms with van der Waals surface area (Å²) in [6.45, 7) is 0. The van der Waals surface area contributed by atoms with Crippen molar-refractivity contribution in [2.24, 2.45) is 0 Å². The minimum atomic E-state index is 0.802. The van der Waals surface area contributed by atoms with Crippen molar-refractivity contribution >= 4 is 85.4 Å². The second-order valence-electron chi connectivity index (χ2n) is 6.32. The van der Waals surface area contributed by atoms with Crippen molar-refractivity contribution in [1.82, 2.24) is 0 Å². The predicted molar refractivity (Wildman–Crippen MR) is 115 cm³/mol. The number of benzene rings is 4. The Balaban J connectivity index is 1.92. The molecule has 2 aromatic heterocycles. The van der Waals surface area contributed by atoms with Gasteiger partial charge in [-0.05, 0) is 35.0 Å². The summed E-state index contributed by atoms with van der Waals surface area (Å²) < 4.78 is 5.33. The highest BCUT2D eigenvalue weighted by Crippen LogP contribution is 2.46. The monoisotopic (exact) mass is 374 g/mol. The smallest absolute Gasteiger partial charge is 0.0434 e. The lowest BCUT2D eigenvalue weighted by Gasteiger charge is -2.00. The molecule has 0 bridgehead atoms.